The lowest BCUT2D eigenvalue weighted by atomic mass is 10.1. The lowest BCUT2D eigenvalue weighted by Gasteiger charge is -2.08. The normalized spacial score (nSPS) is 9.53. The molecule has 0 aliphatic heterocycles. The highest BCUT2D eigenvalue weighted by Gasteiger charge is 2.14. The first-order valence-electron chi connectivity index (χ1n) is 4.73. The Morgan fingerprint density at radius 1 is 1.24 bits per heavy atom. The second-order valence-corrected chi connectivity index (χ2v) is 3.29. The predicted molar refractivity (Wildman–Crippen MR) is 59.0 cm³/mol. The van der Waals surface area contributed by atoms with E-state index in [-0.39, 0.29) is 17.2 Å². The summed E-state index contributed by atoms with van der Waals surface area (Å²) in [6.07, 6.45) is 0. The average molecular weight is 237 g/mol. The van der Waals surface area contributed by atoms with Crippen molar-refractivity contribution in [1.82, 2.24) is 0 Å². The van der Waals surface area contributed by atoms with Gasteiger partial charge in [0.2, 0.25) is 5.91 Å². The number of carboxylic acids is 1. The van der Waals surface area contributed by atoms with Crippen molar-refractivity contribution in [3.05, 3.63) is 23.8 Å². The van der Waals surface area contributed by atoms with Gasteiger partial charge in [-0.1, -0.05) is 0 Å². The molecule has 0 saturated carbocycles. The van der Waals surface area contributed by atoms with Crippen LogP contribution < -0.4 is 10.1 Å². The number of amides is 1. The van der Waals surface area contributed by atoms with Gasteiger partial charge in [0.15, 0.2) is 0 Å². The van der Waals surface area contributed by atoms with Gasteiger partial charge >= 0.3 is 11.9 Å². The summed E-state index contributed by atoms with van der Waals surface area (Å²) in [6.45, 7) is 2.48. The highest BCUT2D eigenvalue weighted by Crippen LogP contribution is 2.23. The van der Waals surface area contributed by atoms with Gasteiger partial charge in [0, 0.05) is 19.5 Å². The Kier molecular flexibility index (Phi) is 3.82. The Labute approximate surface area is 97.2 Å². The second-order valence-electron chi connectivity index (χ2n) is 3.29. The molecule has 0 aromatic heterocycles. The number of hydrogen-bond acceptors (Lipinski definition) is 4. The first-order chi connectivity index (χ1) is 7.90. The number of carbonyl (C=O) groups excluding carboxylic acids is 2. The van der Waals surface area contributed by atoms with Crippen molar-refractivity contribution >= 4 is 23.5 Å². The number of esters is 1. The van der Waals surface area contributed by atoms with Gasteiger partial charge in [-0.2, -0.15) is 0 Å². The zero-order valence-corrected chi connectivity index (χ0v) is 9.31. The van der Waals surface area contributed by atoms with E-state index in [1.54, 1.807) is 0 Å². The van der Waals surface area contributed by atoms with E-state index in [2.05, 4.69) is 5.32 Å². The molecule has 0 saturated heterocycles. The lowest BCUT2D eigenvalue weighted by Crippen LogP contribution is -2.10. The molecule has 17 heavy (non-hydrogen) atoms. The van der Waals surface area contributed by atoms with Crippen molar-refractivity contribution in [2.45, 2.75) is 13.8 Å². The van der Waals surface area contributed by atoms with Crippen molar-refractivity contribution in [3.8, 4) is 5.75 Å². The molecule has 1 aromatic rings. The fraction of sp³-hybridized carbons (Fsp3) is 0.182. The van der Waals surface area contributed by atoms with E-state index in [1.807, 2.05) is 0 Å². The minimum absolute atomic E-state index is 0.0564. The molecule has 0 spiro atoms. The summed E-state index contributed by atoms with van der Waals surface area (Å²) in [7, 11) is 0. The van der Waals surface area contributed by atoms with E-state index in [4.69, 9.17) is 9.84 Å². The molecular formula is C11H11NO5. The first-order valence-corrected chi connectivity index (χ1v) is 4.73. The first kappa shape index (κ1) is 12.7. The second kappa shape index (κ2) is 5.11. The molecular weight excluding hydrogens is 226 g/mol. The van der Waals surface area contributed by atoms with Gasteiger partial charge in [0.1, 0.15) is 11.3 Å². The van der Waals surface area contributed by atoms with Crippen LogP contribution in [0.3, 0.4) is 0 Å². The fourth-order valence-corrected chi connectivity index (χ4v) is 1.22. The van der Waals surface area contributed by atoms with E-state index in [0.717, 1.165) is 0 Å². The van der Waals surface area contributed by atoms with Gasteiger partial charge in [-0.3, -0.25) is 9.59 Å². The standard InChI is InChI=1S/C11H11NO5/c1-6(13)12-8-3-4-10(17-7(2)14)9(5-8)11(15)16/h3-5H,1-2H3,(H,12,13)(H,15,16). The highest BCUT2D eigenvalue weighted by molar-refractivity contribution is 5.95. The van der Waals surface area contributed by atoms with Crippen molar-refractivity contribution in [3.63, 3.8) is 0 Å². The topological polar surface area (TPSA) is 92.7 Å². The van der Waals surface area contributed by atoms with Gasteiger partial charge in [-0.25, -0.2) is 4.79 Å². The minimum atomic E-state index is -1.24. The minimum Gasteiger partial charge on any atom is -0.478 e. The number of rotatable bonds is 3. The monoisotopic (exact) mass is 237 g/mol. The van der Waals surface area contributed by atoms with Gasteiger partial charge in [0.05, 0.1) is 0 Å². The maximum atomic E-state index is 10.9. The molecule has 0 unspecified atom stereocenters. The van der Waals surface area contributed by atoms with E-state index >= 15 is 0 Å². The summed E-state index contributed by atoms with van der Waals surface area (Å²) in [5.41, 5.74) is 0.136. The van der Waals surface area contributed by atoms with Crippen LogP contribution in [0.2, 0.25) is 0 Å². The molecule has 6 nitrogen and oxygen atoms in total. The summed E-state index contributed by atoms with van der Waals surface area (Å²) in [5, 5.41) is 11.4. The molecule has 0 radical (unpaired) electrons. The van der Waals surface area contributed by atoms with Crippen molar-refractivity contribution in [2.24, 2.45) is 0 Å². The fourth-order valence-electron chi connectivity index (χ4n) is 1.22. The molecule has 0 atom stereocenters. The molecule has 1 rings (SSSR count). The van der Waals surface area contributed by atoms with E-state index in [1.165, 1.54) is 32.0 Å². The number of nitrogens with one attached hydrogen (secondary N) is 1. The SMILES string of the molecule is CC(=O)Nc1ccc(OC(C)=O)c(C(=O)O)c1. The predicted octanol–water partition coefficient (Wildman–Crippen LogP) is 1.27. The Hall–Kier alpha value is -2.37. The number of ether oxygens (including phenoxy) is 1. The summed E-state index contributed by atoms with van der Waals surface area (Å²) in [6, 6.07) is 3.99. The van der Waals surface area contributed by atoms with Crippen molar-refractivity contribution < 1.29 is 24.2 Å². The summed E-state index contributed by atoms with van der Waals surface area (Å²) in [5.74, 6) is -2.23. The van der Waals surface area contributed by atoms with Gasteiger partial charge in [0.25, 0.3) is 0 Å². The molecule has 90 valence electrons. The largest absolute Gasteiger partial charge is 0.478 e. The van der Waals surface area contributed by atoms with Gasteiger partial charge in [-0.05, 0) is 18.2 Å². The zero-order valence-electron chi connectivity index (χ0n) is 9.31. The number of carboxylic acid groups (broad SMARTS) is 1. The Bertz CT molecular complexity index is 481. The molecule has 2 N–H and O–H groups in total. The molecule has 0 heterocycles. The summed E-state index contributed by atoms with van der Waals surface area (Å²) >= 11 is 0. The summed E-state index contributed by atoms with van der Waals surface area (Å²) < 4.78 is 4.73. The molecule has 1 amide bonds. The maximum Gasteiger partial charge on any atom is 0.339 e. The van der Waals surface area contributed by atoms with Crippen LogP contribution in [0.1, 0.15) is 24.2 Å². The maximum absolute atomic E-state index is 10.9. The van der Waals surface area contributed by atoms with Crippen LogP contribution in [0.15, 0.2) is 18.2 Å². The number of anilines is 1. The van der Waals surface area contributed by atoms with Crippen LogP contribution in [-0.4, -0.2) is 23.0 Å². The summed E-state index contributed by atoms with van der Waals surface area (Å²) in [4.78, 5) is 32.5. The highest BCUT2D eigenvalue weighted by atomic mass is 16.5. The lowest BCUT2D eigenvalue weighted by molar-refractivity contribution is -0.131. The Morgan fingerprint density at radius 3 is 2.35 bits per heavy atom. The Morgan fingerprint density at radius 2 is 1.88 bits per heavy atom. The third-order valence-corrected chi connectivity index (χ3v) is 1.78. The van der Waals surface area contributed by atoms with E-state index in [0.29, 0.717) is 5.69 Å². The van der Waals surface area contributed by atoms with Crippen LogP contribution in [0.4, 0.5) is 5.69 Å². The van der Waals surface area contributed by atoms with Crippen molar-refractivity contribution in [1.29, 1.82) is 0 Å². The molecule has 6 heteroatoms. The number of carbonyl (C=O) groups is 3. The van der Waals surface area contributed by atoms with Crippen LogP contribution >= 0.6 is 0 Å². The van der Waals surface area contributed by atoms with Gasteiger partial charge < -0.3 is 15.2 Å². The van der Waals surface area contributed by atoms with Crippen LogP contribution in [-0.2, 0) is 9.59 Å². The quantitative estimate of drug-likeness (QED) is 0.610. The van der Waals surface area contributed by atoms with Crippen molar-refractivity contribution in [2.75, 3.05) is 5.32 Å². The van der Waals surface area contributed by atoms with E-state index < -0.39 is 11.9 Å². The molecule has 0 bridgehead atoms. The van der Waals surface area contributed by atoms with Crippen LogP contribution in [0.25, 0.3) is 0 Å². The number of benzene rings is 1. The Balaban J connectivity index is 3.12. The number of hydrogen-bond donors (Lipinski definition) is 2. The van der Waals surface area contributed by atoms with Crippen LogP contribution in [0, 0.1) is 0 Å². The molecule has 0 aliphatic carbocycles. The van der Waals surface area contributed by atoms with Crippen LogP contribution in [0.5, 0.6) is 5.75 Å². The zero-order chi connectivity index (χ0) is 13.0. The average Bonchev–Trinajstić information content (AvgIpc) is 2.18. The number of aromatic carboxylic acids is 1. The van der Waals surface area contributed by atoms with E-state index in [9.17, 15) is 14.4 Å². The molecule has 0 aliphatic rings. The molecule has 0 fully saturated rings. The molecule has 1 aromatic carbocycles. The third kappa shape index (κ3) is 3.60. The third-order valence-electron chi connectivity index (χ3n) is 1.78. The van der Waals surface area contributed by atoms with Gasteiger partial charge in [-0.15, -0.1) is 0 Å². The smallest absolute Gasteiger partial charge is 0.339 e.